The third-order valence-corrected chi connectivity index (χ3v) is 3.47. The molecule has 0 aliphatic carbocycles. The zero-order valence-electron chi connectivity index (χ0n) is 7.90. The summed E-state index contributed by atoms with van der Waals surface area (Å²) < 4.78 is 1.63. The number of hydrogen-bond acceptors (Lipinski definition) is 3. The predicted molar refractivity (Wildman–Crippen MR) is 51.2 cm³/mol. The van der Waals surface area contributed by atoms with E-state index in [1.165, 1.54) is 6.33 Å². The fourth-order valence-corrected chi connectivity index (χ4v) is 2.15. The quantitative estimate of drug-likeness (QED) is 0.675. The van der Waals surface area contributed by atoms with Crippen molar-refractivity contribution in [3.8, 4) is 5.88 Å². The molecule has 0 unspecified atom stereocenters. The number of rotatable bonds is 2. The van der Waals surface area contributed by atoms with Gasteiger partial charge in [0.2, 0.25) is 5.88 Å². The number of nitrogens with two attached hydrogens (primary N) is 1. The summed E-state index contributed by atoms with van der Waals surface area (Å²) in [5, 5.41) is 9.57. The average Bonchev–Trinajstić information content (AvgIpc) is 2.28. The molecule has 1 heterocycles. The smallest absolute Gasteiger partial charge is 0.272 e. The molecule has 0 saturated heterocycles. The van der Waals surface area contributed by atoms with Crippen molar-refractivity contribution in [1.29, 1.82) is 0 Å². The topological polar surface area (TPSA) is 81.1 Å². The molecule has 0 aliphatic rings. The number of hydrogen-bond donors (Lipinski definition) is 2. The lowest BCUT2D eigenvalue weighted by Crippen LogP contribution is -2.31. The summed E-state index contributed by atoms with van der Waals surface area (Å²) in [4.78, 5) is 14.5. The van der Waals surface area contributed by atoms with Crippen LogP contribution in [0.15, 0.2) is 6.33 Å². The Hall–Kier alpha value is -1.30. The molecule has 13 heavy (non-hydrogen) atoms. The van der Waals surface area contributed by atoms with Crippen LogP contribution in [0, 0.1) is 0 Å². The minimum Gasteiger partial charge on any atom is -0.493 e. The summed E-state index contributed by atoms with van der Waals surface area (Å²) in [6, 6.07) is 0. The van der Waals surface area contributed by atoms with E-state index in [4.69, 9.17) is 5.73 Å². The van der Waals surface area contributed by atoms with Crippen molar-refractivity contribution in [2.45, 2.75) is 19.6 Å². The molecule has 0 aliphatic heterocycles. The number of amides is 1. The molecule has 0 aromatic carbocycles. The van der Waals surface area contributed by atoms with Crippen LogP contribution < -0.4 is 5.73 Å². The molecule has 0 bridgehead atoms. The molecule has 3 N–H and O–H groups in total. The molecule has 1 rings (SSSR count). The Kier molecular flexibility index (Phi) is 2.17. The Morgan fingerprint density at radius 3 is 2.38 bits per heavy atom. The van der Waals surface area contributed by atoms with Crippen LogP contribution in [0.3, 0.4) is 0 Å². The second-order valence-corrected chi connectivity index (χ2v) is 8.65. The maximum absolute atomic E-state index is 10.8. The number of imidazole rings is 1. The van der Waals surface area contributed by atoms with Gasteiger partial charge >= 0.3 is 0 Å². The maximum atomic E-state index is 10.8. The van der Waals surface area contributed by atoms with Gasteiger partial charge < -0.3 is 15.1 Å². The first-order valence-electron chi connectivity index (χ1n) is 3.90. The van der Waals surface area contributed by atoms with E-state index in [1.807, 2.05) is 19.6 Å². The van der Waals surface area contributed by atoms with Gasteiger partial charge in [0.05, 0.1) is 6.33 Å². The molecule has 1 amide bonds. The van der Waals surface area contributed by atoms with Crippen LogP contribution in [0.4, 0.5) is 0 Å². The van der Waals surface area contributed by atoms with Crippen molar-refractivity contribution in [2.75, 3.05) is 0 Å². The van der Waals surface area contributed by atoms with Crippen molar-refractivity contribution in [3.05, 3.63) is 12.0 Å². The van der Waals surface area contributed by atoms with Crippen LogP contribution in [0.25, 0.3) is 0 Å². The SMILES string of the molecule is C[Si](C)(C)n1cnc(C(N)=O)c1O. The molecule has 0 radical (unpaired) electrons. The first-order chi connectivity index (χ1) is 5.84. The summed E-state index contributed by atoms with van der Waals surface area (Å²) in [5.41, 5.74) is 4.96. The van der Waals surface area contributed by atoms with Gasteiger partial charge in [-0.1, -0.05) is 19.6 Å². The van der Waals surface area contributed by atoms with Crippen LogP contribution in [0.2, 0.25) is 19.6 Å². The molecule has 1 aromatic heterocycles. The van der Waals surface area contributed by atoms with Gasteiger partial charge in [0.1, 0.15) is 0 Å². The number of carbonyl (C=O) groups is 1. The predicted octanol–water partition coefficient (Wildman–Crippen LogP) is 0.371. The van der Waals surface area contributed by atoms with Crippen LogP contribution in [0.1, 0.15) is 10.5 Å². The largest absolute Gasteiger partial charge is 0.493 e. The molecular weight excluding hydrogens is 186 g/mol. The fraction of sp³-hybridized carbons (Fsp3) is 0.429. The lowest BCUT2D eigenvalue weighted by molar-refractivity contribution is 0.0993. The van der Waals surface area contributed by atoms with E-state index in [0.29, 0.717) is 0 Å². The van der Waals surface area contributed by atoms with Crippen LogP contribution in [-0.4, -0.2) is 28.5 Å². The minimum absolute atomic E-state index is 0.0533. The number of primary amides is 1. The lowest BCUT2D eigenvalue weighted by atomic mass is 10.4. The average molecular weight is 199 g/mol. The van der Waals surface area contributed by atoms with Gasteiger partial charge in [-0.3, -0.25) is 4.79 Å². The Bertz CT molecular complexity index is 340. The monoisotopic (exact) mass is 199 g/mol. The molecule has 6 heteroatoms. The van der Waals surface area contributed by atoms with Gasteiger partial charge in [0.15, 0.2) is 13.9 Å². The van der Waals surface area contributed by atoms with Crippen molar-refractivity contribution < 1.29 is 9.90 Å². The second-order valence-electron chi connectivity index (χ2n) is 3.82. The van der Waals surface area contributed by atoms with Crippen molar-refractivity contribution >= 4 is 14.1 Å². The first kappa shape index (κ1) is 9.78. The van der Waals surface area contributed by atoms with E-state index in [2.05, 4.69) is 4.98 Å². The van der Waals surface area contributed by atoms with Gasteiger partial charge in [0.25, 0.3) is 5.91 Å². The third kappa shape index (κ3) is 1.72. The summed E-state index contributed by atoms with van der Waals surface area (Å²) in [7, 11) is -1.71. The Balaban J connectivity index is 3.22. The molecule has 0 atom stereocenters. The van der Waals surface area contributed by atoms with Crippen LogP contribution in [0.5, 0.6) is 5.88 Å². The van der Waals surface area contributed by atoms with E-state index in [1.54, 1.807) is 4.23 Å². The highest BCUT2D eigenvalue weighted by atomic mass is 28.3. The molecule has 0 saturated carbocycles. The van der Waals surface area contributed by atoms with Gasteiger partial charge in [0, 0.05) is 0 Å². The van der Waals surface area contributed by atoms with E-state index >= 15 is 0 Å². The zero-order chi connectivity index (χ0) is 10.2. The van der Waals surface area contributed by atoms with Crippen molar-refractivity contribution in [2.24, 2.45) is 5.73 Å². The van der Waals surface area contributed by atoms with Gasteiger partial charge in [-0.05, 0) is 0 Å². The molecular formula is C7H13N3O2Si. The summed E-state index contributed by atoms with van der Waals surface area (Å²) >= 11 is 0. The molecule has 72 valence electrons. The standard InChI is InChI=1S/C7H13N3O2Si/c1-13(2,3)10-4-9-5(6(8)11)7(10)12/h4,12H,1-3H3,(H2,8,11). The number of aromatic nitrogens is 2. The van der Waals surface area contributed by atoms with E-state index < -0.39 is 14.1 Å². The molecule has 0 fully saturated rings. The van der Waals surface area contributed by atoms with Crippen LogP contribution in [-0.2, 0) is 0 Å². The Labute approximate surface area is 77.3 Å². The summed E-state index contributed by atoms with van der Waals surface area (Å²) in [6.45, 7) is 6.08. The summed E-state index contributed by atoms with van der Waals surface area (Å²) in [6.07, 6.45) is 1.46. The van der Waals surface area contributed by atoms with Crippen molar-refractivity contribution in [3.63, 3.8) is 0 Å². The Morgan fingerprint density at radius 1 is 1.62 bits per heavy atom. The highest BCUT2D eigenvalue weighted by molar-refractivity contribution is 6.74. The Morgan fingerprint density at radius 2 is 2.15 bits per heavy atom. The van der Waals surface area contributed by atoms with Crippen LogP contribution >= 0.6 is 0 Å². The highest BCUT2D eigenvalue weighted by Gasteiger charge is 2.23. The van der Waals surface area contributed by atoms with Crippen molar-refractivity contribution in [1.82, 2.24) is 9.22 Å². The fourth-order valence-electron chi connectivity index (χ4n) is 1.01. The maximum Gasteiger partial charge on any atom is 0.272 e. The number of nitrogens with zero attached hydrogens (tertiary/aromatic N) is 2. The van der Waals surface area contributed by atoms with E-state index in [-0.39, 0.29) is 11.6 Å². The number of aromatic hydroxyl groups is 1. The second kappa shape index (κ2) is 2.88. The van der Waals surface area contributed by atoms with E-state index in [9.17, 15) is 9.90 Å². The lowest BCUT2D eigenvalue weighted by Gasteiger charge is -2.18. The van der Waals surface area contributed by atoms with Gasteiger partial charge in [-0.2, -0.15) is 0 Å². The van der Waals surface area contributed by atoms with E-state index in [0.717, 1.165) is 0 Å². The van der Waals surface area contributed by atoms with Gasteiger partial charge in [-0.15, -0.1) is 0 Å². The normalized spacial score (nSPS) is 11.6. The number of carbonyl (C=O) groups excluding carboxylic acids is 1. The highest BCUT2D eigenvalue weighted by Crippen LogP contribution is 2.19. The summed E-state index contributed by atoms with van der Waals surface area (Å²) in [5.74, 6) is -0.818. The molecule has 5 nitrogen and oxygen atoms in total. The molecule has 1 aromatic rings. The van der Waals surface area contributed by atoms with Gasteiger partial charge in [-0.25, -0.2) is 4.98 Å². The minimum atomic E-state index is -1.71. The molecule has 0 spiro atoms. The third-order valence-electron chi connectivity index (χ3n) is 1.70. The zero-order valence-corrected chi connectivity index (χ0v) is 8.90. The first-order valence-corrected chi connectivity index (χ1v) is 7.35.